The molecule has 0 aromatic heterocycles. The molecule has 0 aliphatic heterocycles. The van der Waals surface area contributed by atoms with Crippen molar-refractivity contribution in [3.05, 3.63) is 71.3 Å². The van der Waals surface area contributed by atoms with Crippen molar-refractivity contribution in [2.24, 2.45) is 0 Å². The van der Waals surface area contributed by atoms with Gasteiger partial charge in [-0.15, -0.1) is 0 Å². The fourth-order valence-corrected chi connectivity index (χ4v) is 3.52. The Labute approximate surface area is 188 Å². The van der Waals surface area contributed by atoms with Gasteiger partial charge in [0.2, 0.25) is 0 Å². The molecular weight excluding hydrogens is 408 g/mol. The molecule has 0 amide bonds. The van der Waals surface area contributed by atoms with Crippen molar-refractivity contribution in [2.75, 3.05) is 35.2 Å². The Bertz CT molecular complexity index is 1060. The summed E-state index contributed by atoms with van der Waals surface area (Å²) in [7, 11) is 6.41. The van der Waals surface area contributed by atoms with Gasteiger partial charge in [-0.25, -0.2) is 0 Å². The Hall–Kier alpha value is -3.51. The SMILES string of the molecule is COCOc1cc(CCc2ccc(-c3ccc(OC)cc3C=O)c(OC)c2)ccc1OC. The second-order valence-electron chi connectivity index (χ2n) is 7.14. The summed E-state index contributed by atoms with van der Waals surface area (Å²) in [5, 5.41) is 0. The first-order valence-electron chi connectivity index (χ1n) is 10.2. The van der Waals surface area contributed by atoms with Crippen LogP contribution in [-0.4, -0.2) is 41.5 Å². The minimum Gasteiger partial charge on any atom is -0.497 e. The van der Waals surface area contributed by atoms with Gasteiger partial charge in [0.05, 0.1) is 21.3 Å². The van der Waals surface area contributed by atoms with E-state index in [9.17, 15) is 4.79 Å². The van der Waals surface area contributed by atoms with Crippen molar-refractivity contribution in [1.29, 1.82) is 0 Å². The van der Waals surface area contributed by atoms with Gasteiger partial charge in [-0.1, -0.05) is 18.2 Å². The molecule has 3 aromatic carbocycles. The predicted octanol–water partition coefficient (Wildman–Crippen LogP) is 4.96. The van der Waals surface area contributed by atoms with Crippen LogP contribution in [0.5, 0.6) is 23.0 Å². The van der Waals surface area contributed by atoms with Crippen LogP contribution >= 0.6 is 0 Å². The molecule has 6 heteroatoms. The summed E-state index contributed by atoms with van der Waals surface area (Å²) in [5.74, 6) is 2.68. The van der Waals surface area contributed by atoms with E-state index in [4.69, 9.17) is 23.7 Å². The highest BCUT2D eigenvalue weighted by Crippen LogP contribution is 2.35. The second kappa shape index (κ2) is 11.2. The molecule has 3 aromatic rings. The molecule has 0 N–H and O–H groups in total. The standard InChI is InChI=1S/C26H28O6/c1-28-17-32-26-14-19(8-12-24(26)30-3)6-5-18-7-10-23(25(13-18)31-4)22-11-9-21(29-2)15-20(22)16-27/h7-16H,5-6,17H2,1-4H3. The number of carbonyl (C=O) groups excluding carboxylic acids is 1. The van der Waals surface area contributed by atoms with Crippen LogP contribution in [0.2, 0.25) is 0 Å². The number of hydrogen-bond acceptors (Lipinski definition) is 6. The Morgan fingerprint density at radius 2 is 1.34 bits per heavy atom. The Morgan fingerprint density at radius 1 is 0.688 bits per heavy atom. The molecule has 0 saturated carbocycles. The van der Waals surface area contributed by atoms with Crippen LogP contribution in [0.15, 0.2) is 54.6 Å². The summed E-state index contributed by atoms with van der Waals surface area (Å²) < 4.78 is 26.8. The lowest BCUT2D eigenvalue weighted by molar-refractivity contribution is 0.0491. The molecule has 32 heavy (non-hydrogen) atoms. The molecule has 0 aliphatic carbocycles. The third kappa shape index (κ3) is 5.39. The van der Waals surface area contributed by atoms with Crippen LogP contribution in [0.25, 0.3) is 11.1 Å². The summed E-state index contributed by atoms with van der Waals surface area (Å²) in [6.45, 7) is 0.159. The highest BCUT2D eigenvalue weighted by Gasteiger charge is 2.13. The van der Waals surface area contributed by atoms with Crippen molar-refractivity contribution < 1.29 is 28.5 Å². The van der Waals surface area contributed by atoms with E-state index in [1.54, 1.807) is 34.5 Å². The van der Waals surface area contributed by atoms with E-state index >= 15 is 0 Å². The minimum absolute atomic E-state index is 0.159. The first-order chi connectivity index (χ1) is 15.6. The molecule has 0 spiro atoms. The zero-order chi connectivity index (χ0) is 22.9. The van der Waals surface area contributed by atoms with Gasteiger partial charge in [0.25, 0.3) is 0 Å². The number of aryl methyl sites for hydroxylation is 2. The van der Waals surface area contributed by atoms with Crippen molar-refractivity contribution in [1.82, 2.24) is 0 Å². The van der Waals surface area contributed by atoms with Crippen LogP contribution in [0.3, 0.4) is 0 Å². The highest BCUT2D eigenvalue weighted by molar-refractivity contribution is 5.90. The summed E-state index contributed by atoms with van der Waals surface area (Å²) in [5.41, 5.74) is 4.47. The Kier molecular flexibility index (Phi) is 8.11. The summed E-state index contributed by atoms with van der Waals surface area (Å²) >= 11 is 0. The first-order valence-corrected chi connectivity index (χ1v) is 10.2. The molecule has 3 rings (SSSR count). The maximum absolute atomic E-state index is 11.6. The third-order valence-corrected chi connectivity index (χ3v) is 5.20. The molecule has 168 valence electrons. The number of methoxy groups -OCH3 is 4. The van der Waals surface area contributed by atoms with Gasteiger partial charge in [0.15, 0.2) is 24.6 Å². The lowest BCUT2D eigenvalue weighted by atomic mass is 9.96. The average Bonchev–Trinajstić information content (AvgIpc) is 2.85. The molecule has 6 nitrogen and oxygen atoms in total. The number of carbonyl (C=O) groups is 1. The summed E-state index contributed by atoms with van der Waals surface area (Å²) in [4.78, 5) is 11.6. The minimum atomic E-state index is 0.159. The zero-order valence-electron chi connectivity index (χ0n) is 18.8. The van der Waals surface area contributed by atoms with Crippen LogP contribution in [0.4, 0.5) is 0 Å². The van der Waals surface area contributed by atoms with Crippen LogP contribution in [-0.2, 0) is 17.6 Å². The fourth-order valence-electron chi connectivity index (χ4n) is 3.52. The van der Waals surface area contributed by atoms with E-state index < -0.39 is 0 Å². The average molecular weight is 437 g/mol. The number of rotatable bonds is 11. The van der Waals surface area contributed by atoms with Gasteiger partial charge >= 0.3 is 0 Å². The second-order valence-corrected chi connectivity index (χ2v) is 7.14. The van der Waals surface area contributed by atoms with Crippen LogP contribution < -0.4 is 18.9 Å². The molecule has 0 unspecified atom stereocenters. The van der Waals surface area contributed by atoms with Gasteiger partial charge in [-0.2, -0.15) is 0 Å². The normalized spacial score (nSPS) is 10.5. The van der Waals surface area contributed by atoms with E-state index in [0.717, 1.165) is 47.1 Å². The molecular formula is C26H28O6. The number of aldehydes is 1. The van der Waals surface area contributed by atoms with Crippen molar-refractivity contribution in [3.8, 4) is 34.1 Å². The van der Waals surface area contributed by atoms with E-state index in [-0.39, 0.29) is 6.79 Å². The summed E-state index contributed by atoms with van der Waals surface area (Å²) in [6, 6.07) is 17.4. The van der Waals surface area contributed by atoms with Crippen molar-refractivity contribution in [3.63, 3.8) is 0 Å². The van der Waals surface area contributed by atoms with Gasteiger partial charge < -0.3 is 23.7 Å². The molecule has 0 fully saturated rings. The quantitative estimate of drug-likeness (QED) is 0.313. The van der Waals surface area contributed by atoms with Crippen LogP contribution in [0, 0.1) is 0 Å². The number of benzene rings is 3. The van der Waals surface area contributed by atoms with E-state index in [2.05, 4.69) is 6.07 Å². The van der Waals surface area contributed by atoms with E-state index in [1.165, 1.54) is 0 Å². The smallest absolute Gasteiger partial charge is 0.188 e. The maximum atomic E-state index is 11.6. The third-order valence-electron chi connectivity index (χ3n) is 5.20. The number of ether oxygens (including phenoxy) is 5. The monoisotopic (exact) mass is 436 g/mol. The van der Waals surface area contributed by atoms with E-state index in [1.807, 2.05) is 42.5 Å². The maximum Gasteiger partial charge on any atom is 0.188 e. The molecule has 0 saturated heterocycles. The Balaban J connectivity index is 1.81. The molecule has 0 aliphatic rings. The van der Waals surface area contributed by atoms with Gasteiger partial charge in [0, 0.05) is 18.2 Å². The zero-order valence-corrected chi connectivity index (χ0v) is 18.8. The van der Waals surface area contributed by atoms with Gasteiger partial charge in [-0.3, -0.25) is 4.79 Å². The van der Waals surface area contributed by atoms with E-state index in [0.29, 0.717) is 22.8 Å². The molecule has 0 heterocycles. The topological polar surface area (TPSA) is 63.2 Å². The largest absolute Gasteiger partial charge is 0.497 e. The van der Waals surface area contributed by atoms with Crippen molar-refractivity contribution in [2.45, 2.75) is 12.8 Å². The lowest BCUT2D eigenvalue weighted by Crippen LogP contribution is -2.02. The summed E-state index contributed by atoms with van der Waals surface area (Å²) in [6.07, 6.45) is 2.46. The molecule has 0 radical (unpaired) electrons. The molecule has 0 bridgehead atoms. The number of hydrogen-bond donors (Lipinski definition) is 0. The van der Waals surface area contributed by atoms with Gasteiger partial charge in [-0.05, 0) is 65.9 Å². The molecule has 0 atom stereocenters. The highest BCUT2D eigenvalue weighted by atomic mass is 16.7. The Morgan fingerprint density at radius 3 is 1.97 bits per heavy atom. The lowest BCUT2D eigenvalue weighted by Gasteiger charge is -2.14. The van der Waals surface area contributed by atoms with Crippen LogP contribution in [0.1, 0.15) is 21.5 Å². The first kappa shape index (κ1) is 23.2. The predicted molar refractivity (Wildman–Crippen MR) is 123 cm³/mol. The fraction of sp³-hybridized carbons (Fsp3) is 0.269. The van der Waals surface area contributed by atoms with Crippen molar-refractivity contribution >= 4 is 6.29 Å². The van der Waals surface area contributed by atoms with Gasteiger partial charge in [0.1, 0.15) is 11.5 Å².